The summed E-state index contributed by atoms with van der Waals surface area (Å²) in [5, 5.41) is 15.8. The Labute approximate surface area is 102 Å². The standard InChI is InChI=1S/C13H22N2O2/c16-7-11-8-1-2-9(5-8)13(11)15-12(17)6-14-10-3-4-10/h8-11,13-14,16H,1-7H2,(H,15,17). The van der Waals surface area contributed by atoms with E-state index in [4.69, 9.17) is 0 Å². The normalized spacial score (nSPS) is 39.6. The minimum absolute atomic E-state index is 0.105. The Balaban J connectivity index is 1.50. The average Bonchev–Trinajstić information content (AvgIpc) is 2.95. The molecule has 0 aromatic heterocycles. The summed E-state index contributed by atoms with van der Waals surface area (Å²) in [4.78, 5) is 11.8. The molecule has 4 unspecified atom stereocenters. The lowest BCUT2D eigenvalue weighted by molar-refractivity contribution is -0.121. The van der Waals surface area contributed by atoms with Gasteiger partial charge >= 0.3 is 0 Å². The summed E-state index contributed by atoms with van der Waals surface area (Å²) in [6, 6.07) is 0.807. The summed E-state index contributed by atoms with van der Waals surface area (Å²) in [5.74, 6) is 1.67. The van der Waals surface area contributed by atoms with Crippen LogP contribution in [0.25, 0.3) is 0 Å². The summed E-state index contributed by atoms with van der Waals surface area (Å²) in [6.07, 6.45) is 6.08. The van der Waals surface area contributed by atoms with E-state index in [1.54, 1.807) is 0 Å². The molecule has 3 fully saturated rings. The fourth-order valence-corrected chi connectivity index (χ4v) is 3.66. The second-order valence-corrected chi connectivity index (χ2v) is 5.93. The second kappa shape index (κ2) is 4.58. The zero-order valence-electron chi connectivity index (χ0n) is 10.2. The number of aliphatic hydroxyl groups is 1. The van der Waals surface area contributed by atoms with Gasteiger partial charge in [0.05, 0.1) is 6.54 Å². The van der Waals surface area contributed by atoms with Crippen LogP contribution < -0.4 is 10.6 Å². The number of carbonyl (C=O) groups excluding carboxylic acids is 1. The number of hydrogen-bond donors (Lipinski definition) is 3. The van der Waals surface area contributed by atoms with E-state index < -0.39 is 0 Å². The first-order chi connectivity index (χ1) is 8.28. The van der Waals surface area contributed by atoms with E-state index in [0.29, 0.717) is 30.3 Å². The van der Waals surface area contributed by atoms with Gasteiger partial charge in [0.2, 0.25) is 5.91 Å². The van der Waals surface area contributed by atoms with Crippen molar-refractivity contribution in [2.24, 2.45) is 17.8 Å². The third kappa shape index (κ3) is 2.33. The first-order valence-electron chi connectivity index (χ1n) is 6.91. The maximum Gasteiger partial charge on any atom is 0.234 e. The van der Waals surface area contributed by atoms with E-state index >= 15 is 0 Å². The summed E-state index contributed by atoms with van der Waals surface area (Å²) in [5.41, 5.74) is 0. The summed E-state index contributed by atoms with van der Waals surface area (Å²) in [7, 11) is 0. The first kappa shape index (κ1) is 11.5. The van der Waals surface area contributed by atoms with Crippen molar-refractivity contribution < 1.29 is 9.90 Å². The Morgan fingerprint density at radius 2 is 1.94 bits per heavy atom. The van der Waals surface area contributed by atoms with Gasteiger partial charge in [-0.2, -0.15) is 0 Å². The number of hydrogen-bond acceptors (Lipinski definition) is 3. The number of aliphatic hydroxyl groups excluding tert-OH is 1. The van der Waals surface area contributed by atoms with Gasteiger partial charge < -0.3 is 15.7 Å². The van der Waals surface area contributed by atoms with E-state index in [-0.39, 0.29) is 18.6 Å². The Morgan fingerprint density at radius 3 is 2.65 bits per heavy atom. The average molecular weight is 238 g/mol. The van der Waals surface area contributed by atoms with Gasteiger partial charge in [-0.3, -0.25) is 4.79 Å². The Bertz CT molecular complexity index is 304. The lowest BCUT2D eigenvalue weighted by atomic mass is 9.85. The smallest absolute Gasteiger partial charge is 0.234 e. The third-order valence-corrected chi connectivity index (χ3v) is 4.76. The molecule has 3 aliphatic rings. The quantitative estimate of drug-likeness (QED) is 0.644. The zero-order chi connectivity index (χ0) is 11.8. The molecule has 0 radical (unpaired) electrons. The first-order valence-corrected chi connectivity index (χ1v) is 6.91. The number of carbonyl (C=O) groups is 1. The van der Waals surface area contributed by atoms with Crippen LogP contribution in [0.3, 0.4) is 0 Å². The molecule has 4 nitrogen and oxygen atoms in total. The van der Waals surface area contributed by atoms with Gasteiger partial charge in [-0.15, -0.1) is 0 Å². The molecule has 0 spiro atoms. The predicted octanol–water partition coefficient (Wildman–Crippen LogP) is 0.262. The molecular weight excluding hydrogens is 216 g/mol. The van der Waals surface area contributed by atoms with Gasteiger partial charge in [-0.25, -0.2) is 0 Å². The second-order valence-electron chi connectivity index (χ2n) is 5.93. The molecule has 96 valence electrons. The van der Waals surface area contributed by atoms with E-state index in [0.717, 1.165) is 0 Å². The molecule has 3 saturated carbocycles. The highest BCUT2D eigenvalue weighted by molar-refractivity contribution is 5.78. The van der Waals surface area contributed by atoms with Crippen LogP contribution in [0.2, 0.25) is 0 Å². The largest absolute Gasteiger partial charge is 0.396 e. The minimum atomic E-state index is 0.105. The molecule has 3 N–H and O–H groups in total. The maximum atomic E-state index is 11.8. The molecule has 0 aromatic carbocycles. The number of amides is 1. The van der Waals surface area contributed by atoms with Crippen molar-refractivity contribution in [2.45, 2.75) is 44.2 Å². The molecule has 3 rings (SSSR count). The topological polar surface area (TPSA) is 61.4 Å². The van der Waals surface area contributed by atoms with Crippen molar-refractivity contribution in [3.63, 3.8) is 0 Å². The van der Waals surface area contributed by atoms with Crippen molar-refractivity contribution in [1.29, 1.82) is 0 Å². The Kier molecular flexibility index (Phi) is 3.09. The number of fused-ring (bicyclic) bond motifs is 2. The molecule has 4 atom stereocenters. The molecule has 2 bridgehead atoms. The Hall–Kier alpha value is -0.610. The van der Waals surface area contributed by atoms with E-state index in [1.807, 2.05) is 0 Å². The molecular formula is C13H22N2O2. The molecule has 4 heteroatoms. The molecule has 3 aliphatic carbocycles. The van der Waals surface area contributed by atoms with Crippen LogP contribution in [0, 0.1) is 17.8 Å². The lowest BCUT2D eigenvalue weighted by Gasteiger charge is -2.30. The molecule has 17 heavy (non-hydrogen) atoms. The summed E-state index contributed by atoms with van der Waals surface area (Å²) in [6.45, 7) is 0.666. The van der Waals surface area contributed by atoms with Gasteiger partial charge in [0.25, 0.3) is 0 Å². The minimum Gasteiger partial charge on any atom is -0.396 e. The maximum absolute atomic E-state index is 11.8. The van der Waals surface area contributed by atoms with Crippen molar-refractivity contribution in [1.82, 2.24) is 10.6 Å². The van der Waals surface area contributed by atoms with Crippen LogP contribution in [0.5, 0.6) is 0 Å². The van der Waals surface area contributed by atoms with E-state index in [1.165, 1.54) is 32.1 Å². The van der Waals surface area contributed by atoms with Crippen LogP contribution in [-0.2, 0) is 4.79 Å². The van der Waals surface area contributed by atoms with Crippen LogP contribution in [0.15, 0.2) is 0 Å². The van der Waals surface area contributed by atoms with Crippen molar-refractivity contribution >= 4 is 5.91 Å². The van der Waals surface area contributed by atoms with Crippen molar-refractivity contribution in [2.75, 3.05) is 13.2 Å². The third-order valence-electron chi connectivity index (χ3n) is 4.76. The highest BCUT2D eigenvalue weighted by Gasteiger charge is 2.47. The van der Waals surface area contributed by atoms with Crippen LogP contribution >= 0.6 is 0 Å². The van der Waals surface area contributed by atoms with Gasteiger partial charge in [0.1, 0.15) is 0 Å². The van der Waals surface area contributed by atoms with Gasteiger partial charge in [-0.1, -0.05) is 0 Å². The van der Waals surface area contributed by atoms with Crippen molar-refractivity contribution in [3.05, 3.63) is 0 Å². The fourth-order valence-electron chi connectivity index (χ4n) is 3.66. The number of nitrogens with one attached hydrogen (secondary N) is 2. The van der Waals surface area contributed by atoms with Crippen LogP contribution in [0.4, 0.5) is 0 Å². The predicted molar refractivity (Wildman–Crippen MR) is 64.4 cm³/mol. The fraction of sp³-hybridized carbons (Fsp3) is 0.923. The Morgan fingerprint density at radius 1 is 1.18 bits per heavy atom. The molecule has 0 aromatic rings. The highest BCUT2D eigenvalue weighted by Crippen LogP contribution is 2.48. The highest BCUT2D eigenvalue weighted by atomic mass is 16.3. The number of rotatable bonds is 5. The van der Waals surface area contributed by atoms with Crippen LogP contribution in [0.1, 0.15) is 32.1 Å². The van der Waals surface area contributed by atoms with Gasteiger partial charge in [-0.05, 0) is 43.9 Å². The summed E-state index contributed by atoms with van der Waals surface area (Å²) >= 11 is 0. The van der Waals surface area contributed by atoms with E-state index in [2.05, 4.69) is 10.6 Å². The van der Waals surface area contributed by atoms with Crippen LogP contribution in [-0.4, -0.2) is 36.2 Å². The molecule has 0 saturated heterocycles. The van der Waals surface area contributed by atoms with Gasteiger partial charge in [0.15, 0.2) is 0 Å². The SMILES string of the molecule is O=C(CNC1CC1)NC1C2CCC(C2)C1CO. The van der Waals surface area contributed by atoms with Gasteiger partial charge in [0, 0.05) is 24.6 Å². The van der Waals surface area contributed by atoms with E-state index in [9.17, 15) is 9.90 Å². The molecule has 0 aliphatic heterocycles. The zero-order valence-corrected chi connectivity index (χ0v) is 10.2. The van der Waals surface area contributed by atoms with Crippen molar-refractivity contribution in [3.8, 4) is 0 Å². The molecule has 0 heterocycles. The summed E-state index contributed by atoms with van der Waals surface area (Å²) < 4.78 is 0. The monoisotopic (exact) mass is 238 g/mol. The lowest BCUT2D eigenvalue weighted by Crippen LogP contribution is -2.48. The molecule has 1 amide bonds.